The lowest BCUT2D eigenvalue weighted by molar-refractivity contribution is 1.09. The standard InChI is InChI=1S/C7H4ClN2/c8-7-2-1-6-3-4-9-5-10(6)7/h1-3,5H. The second-order valence-corrected chi connectivity index (χ2v) is 2.36. The summed E-state index contributed by atoms with van der Waals surface area (Å²) < 4.78 is 1.79. The molecule has 10 heavy (non-hydrogen) atoms. The quantitative estimate of drug-likeness (QED) is 0.561. The van der Waals surface area contributed by atoms with E-state index in [4.69, 9.17) is 11.6 Å². The topological polar surface area (TPSA) is 17.3 Å². The Morgan fingerprint density at radius 2 is 2.40 bits per heavy atom. The first kappa shape index (κ1) is 5.74. The molecule has 0 unspecified atom stereocenters. The Balaban J connectivity index is 2.93. The lowest BCUT2D eigenvalue weighted by Gasteiger charge is -1.90. The maximum Gasteiger partial charge on any atom is 0.114 e. The van der Waals surface area contributed by atoms with Crippen LogP contribution in [0.2, 0.25) is 5.15 Å². The number of halogens is 1. The normalized spacial score (nSPS) is 10.5. The minimum Gasteiger partial charge on any atom is -0.291 e. The third-order valence-electron chi connectivity index (χ3n) is 1.36. The Bertz CT molecular complexity index is 353. The summed E-state index contributed by atoms with van der Waals surface area (Å²) in [6.45, 7) is 0. The molecule has 49 valence electrons. The summed E-state index contributed by atoms with van der Waals surface area (Å²) in [6.07, 6.45) is 4.36. The number of fused-ring (bicyclic) bond motifs is 1. The van der Waals surface area contributed by atoms with Crippen molar-refractivity contribution in [3.8, 4) is 0 Å². The molecule has 0 atom stereocenters. The molecule has 0 bridgehead atoms. The number of hydrogen-bond acceptors (Lipinski definition) is 1. The molecular weight excluding hydrogens is 148 g/mol. The van der Waals surface area contributed by atoms with E-state index < -0.39 is 0 Å². The molecule has 0 aromatic carbocycles. The summed E-state index contributed by atoms with van der Waals surface area (Å²) in [7, 11) is 0. The van der Waals surface area contributed by atoms with Gasteiger partial charge in [0.25, 0.3) is 0 Å². The van der Waals surface area contributed by atoms with Gasteiger partial charge in [0.1, 0.15) is 11.5 Å². The van der Waals surface area contributed by atoms with Crippen molar-refractivity contribution < 1.29 is 0 Å². The van der Waals surface area contributed by atoms with Crippen LogP contribution in [0.15, 0.2) is 24.5 Å². The minimum absolute atomic E-state index is 0.677. The first-order chi connectivity index (χ1) is 4.88. The van der Waals surface area contributed by atoms with Crippen molar-refractivity contribution >= 4 is 17.1 Å². The summed E-state index contributed by atoms with van der Waals surface area (Å²) in [5.74, 6) is 0. The fourth-order valence-corrected chi connectivity index (χ4v) is 1.08. The summed E-state index contributed by atoms with van der Waals surface area (Å²) in [5.41, 5.74) is 1.01. The maximum absolute atomic E-state index is 5.78. The monoisotopic (exact) mass is 151 g/mol. The molecule has 0 aliphatic heterocycles. The summed E-state index contributed by atoms with van der Waals surface area (Å²) in [6, 6.07) is 5.53. The predicted molar refractivity (Wildman–Crippen MR) is 39.0 cm³/mol. The van der Waals surface area contributed by atoms with E-state index in [1.807, 2.05) is 12.1 Å². The number of rotatable bonds is 0. The van der Waals surface area contributed by atoms with Gasteiger partial charge in [0.05, 0.1) is 11.7 Å². The molecule has 2 rings (SSSR count). The van der Waals surface area contributed by atoms with Gasteiger partial charge in [0.2, 0.25) is 0 Å². The van der Waals surface area contributed by atoms with Crippen LogP contribution in [0.5, 0.6) is 0 Å². The molecule has 2 aromatic rings. The second-order valence-electron chi connectivity index (χ2n) is 1.97. The fourth-order valence-electron chi connectivity index (χ4n) is 0.872. The van der Waals surface area contributed by atoms with E-state index in [-0.39, 0.29) is 0 Å². The zero-order valence-corrected chi connectivity index (χ0v) is 5.84. The predicted octanol–water partition coefficient (Wildman–Crippen LogP) is 1.79. The zero-order chi connectivity index (χ0) is 6.97. The van der Waals surface area contributed by atoms with Crippen molar-refractivity contribution in [2.45, 2.75) is 0 Å². The highest BCUT2D eigenvalue weighted by atomic mass is 35.5. The zero-order valence-electron chi connectivity index (χ0n) is 5.08. The van der Waals surface area contributed by atoms with Crippen LogP contribution in [0, 0.1) is 6.20 Å². The van der Waals surface area contributed by atoms with Crippen molar-refractivity contribution in [1.82, 2.24) is 9.38 Å². The molecule has 0 fully saturated rings. The molecule has 0 aliphatic rings. The van der Waals surface area contributed by atoms with E-state index in [1.54, 1.807) is 16.8 Å². The van der Waals surface area contributed by atoms with Gasteiger partial charge in [0.15, 0.2) is 0 Å². The highest BCUT2D eigenvalue weighted by Gasteiger charge is 1.94. The highest BCUT2D eigenvalue weighted by Crippen LogP contribution is 2.12. The van der Waals surface area contributed by atoms with Crippen LogP contribution in [-0.4, -0.2) is 9.38 Å². The van der Waals surface area contributed by atoms with Crippen LogP contribution in [0.3, 0.4) is 0 Å². The third-order valence-corrected chi connectivity index (χ3v) is 1.67. The smallest absolute Gasteiger partial charge is 0.114 e. The van der Waals surface area contributed by atoms with Gasteiger partial charge in [0, 0.05) is 0 Å². The van der Waals surface area contributed by atoms with Crippen molar-refractivity contribution in [2.75, 3.05) is 0 Å². The Labute approximate surface area is 63.1 Å². The lowest BCUT2D eigenvalue weighted by Crippen LogP contribution is -1.83. The highest BCUT2D eigenvalue weighted by molar-refractivity contribution is 6.30. The molecule has 0 spiro atoms. The molecule has 2 aromatic heterocycles. The van der Waals surface area contributed by atoms with Crippen LogP contribution < -0.4 is 0 Å². The van der Waals surface area contributed by atoms with Crippen LogP contribution in [0.25, 0.3) is 5.52 Å². The summed E-state index contributed by atoms with van der Waals surface area (Å²) >= 11 is 5.78. The number of aromatic nitrogens is 2. The van der Waals surface area contributed by atoms with E-state index in [0.717, 1.165) is 5.52 Å². The van der Waals surface area contributed by atoms with E-state index in [0.29, 0.717) is 5.15 Å². The van der Waals surface area contributed by atoms with E-state index >= 15 is 0 Å². The fraction of sp³-hybridized carbons (Fsp3) is 0. The molecule has 0 amide bonds. The Morgan fingerprint density at radius 3 is 3.20 bits per heavy atom. The summed E-state index contributed by atoms with van der Waals surface area (Å²) in [4.78, 5) is 3.80. The van der Waals surface area contributed by atoms with Gasteiger partial charge in [-0.25, -0.2) is 4.98 Å². The molecule has 0 aliphatic carbocycles. The Hall–Kier alpha value is -1.02. The molecule has 2 nitrogen and oxygen atoms in total. The second kappa shape index (κ2) is 1.99. The Morgan fingerprint density at radius 1 is 1.50 bits per heavy atom. The van der Waals surface area contributed by atoms with Crippen molar-refractivity contribution in [1.29, 1.82) is 0 Å². The molecule has 1 radical (unpaired) electrons. The van der Waals surface area contributed by atoms with Gasteiger partial charge in [-0.3, -0.25) is 4.40 Å². The minimum atomic E-state index is 0.677. The van der Waals surface area contributed by atoms with Crippen LogP contribution >= 0.6 is 11.6 Å². The lowest BCUT2D eigenvalue weighted by atomic mass is 10.5. The molecule has 0 saturated carbocycles. The number of hydrogen-bond donors (Lipinski definition) is 0. The van der Waals surface area contributed by atoms with E-state index in [2.05, 4.69) is 11.2 Å². The molecule has 3 heteroatoms. The Kier molecular flexibility index (Phi) is 1.14. The van der Waals surface area contributed by atoms with Crippen LogP contribution in [0.4, 0.5) is 0 Å². The average molecular weight is 152 g/mol. The van der Waals surface area contributed by atoms with Crippen molar-refractivity contribution in [2.24, 2.45) is 0 Å². The van der Waals surface area contributed by atoms with Crippen molar-refractivity contribution in [3.63, 3.8) is 0 Å². The average Bonchev–Trinajstić information content (AvgIpc) is 2.34. The van der Waals surface area contributed by atoms with Gasteiger partial charge in [-0.05, 0) is 18.2 Å². The first-order valence-electron chi connectivity index (χ1n) is 2.86. The molecule has 0 saturated heterocycles. The maximum atomic E-state index is 5.78. The largest absolute Gasteiger partial charge is 0.291 e. The van der Waals surface area contributed by atoms with Gasteiger partial charge in [-0.1, -0.05) is 11.6 Å². The SMILES string of the molecule is Clc1ccc2c[c]ncn12. The summed E-state index contributed by atoms with van der Waals surface area (Å²) in [5, 5.41) is 0.677. The van der Waals surface area contributed by atoms with Gasteiger partial charge in [-0.2, -0.15) is 0 Å². The first-order valence-corrected chi connectivity index (χ1v) is 3.24. The van der Waals surface area contributed by atoms with Crippen LogP contribution in [-0.2, 0) is 0 Å². The van der Waals surface area contributed by atoms with E-state index in [1.165, 1.54) is 0 Å². The number of nitrogens with zero attached hydrogens (tertiary/aromatic N) is 2. The molecular formula is C7H4ClN2. The van der Waals surface area contributed by atoms with Gasteiger partial charge < -0.3 is 0 Å². The van der Waals surface area contributed by atoms with Crippen molar-refractivity contribution in [3.05, 3.63) is 35.9 Å². The van der Waals surface area contributed by atoms with Gasteiger partial charge in [-0.15, -0.1) is 0 Å². The molecule has 0 N–H and O–H groups in total. The van der Waals surface area contributed by atoms with E-state index in [9.17, 15) is 0 Å². The van der Waals surface area contributed by atoms with Gasteiger partial charge >= 0.3 is 0 Å². The van der Waals surface area contributed by atoms with Crippen LogP contribution in [0.1, 0.15) is 0 Å². The third kappa shape index (κ3) is 0.693. The molecule has 2 heterocycles.